The van der Waals surface area contributed by atoms with Gasteiger partial charge in [0.1, 0.15) is 0 Å². The Morgan fingerprint density at radius 2 is 2.25 bits per heavy atom. The van der Waals surface area contributed by atoms with Crippen molar-refractivity contribution in [3.8, 4) is 0 Å². The van der Waals surface area contributed by atoms with Crippen LogP contribution < -0.4 is 10.2 Å². The van der Waals surface area contributed by atoms with Crippen LogP contribution in [0.2, 0.25) is 5.02 Å². The van der Waals surface area contributed by atoms with Crippen LogP contribution in [0.25, 0.3) is 0 Å². The van der Waals surface area contributed by atoms with Crippen LogP contribution in [0.3, 0.4) is 0 Å². The highest BCUT2D eigenvalue weighted by molar-refractivity contribution is 6.31. The summed E-state index contributed by atoms with van der Waals surface area (Å²) in [6.45, 7) is 1.67. The fourth-order valence-corrected chi connectivity index (χ4v) is 2.37. The van der Waals surface area contributed by atoms with Crippen LogP contribution in [0.4, 0.5) is 5.69 Å². The minimum Gasteiger partial charge on any atom is -0.389 e. The zero-order chi connectivity index (χ0) is 14.5. The second-order valence-electron chi connectivity index (χ2n) is 5.42. The monoisotopic (exact) mass is 298 g/mol. The Hall–Kier alpha value is -0.810. The first-order chi connectivity index (χ1) is 9.60. The van der Waals surface area contributed by atoms with Crippen molar-refractivity contribution in [2.24, 2.45) is 0 Å². The number of nitrogens with zero attached hydrogens (tertiary/aromatic N) is 1. The van der Waals surface area contributed by atoms with E-state index in [1.807, 2.05) is 30.1 Å². The van der Waals surface area contributed by atoms with Crippen LogP contribution in [0.5, 0.6) is 0 Å². The molecule has 4 nitrogen and oxygen atoms in total. The van der Waals surface area contributed by atoms with E-state index in [0.717, 1.165) is 22.8 Å². The van der Waals surface area contributed by atoms with Crippen LogP contribution >= 0.6 is 11.6 Å². The number of rotatable bonds is 8. The molecule has 1 atom stereocenters. The highest BCUT2D eigenvalue weighted by atomic mass is 35.5. The maximum Gasteiger partial charge on any atom is 0.0947 e. The molecule has 2 rings (SSSR count). The third kappa shape index (κ3) is 4.63. The van der Waals surface area contributed by atoms with E-state index < -0.39 is 6.10 Å². The molecule has 2 N–H and O–H groups in total. The lowest BCUT2D eigenvalue weighted by atomic mass is 10.2. The van der Waals surface area contributed by atoms with Crippen molar-refractivity contribution in [3.05, 3.63) is 28.8 Å². The van der Waals surface area contributed by atoms with Crippen LogP contribution in [0, 0.1) is 0 Å². The fraction of sp³-hybridized carbons (Fsp3) is 0.600. The molecule has 1 saturated carbocycles. The molecule has 0 bridgehead atoms. The van der Waals surface area contributed by atoms with Gasteiger partial charge >= 0.3 is 0 Å². The Morgan fingerprint density at radius 1 is 1.50 bits per heavy atom. The Balaban J connectivity index is 1.92. The van der Waals surface area contributed by atoms with Gasteiger partial charge in [-0.3, -0.25) is 0 Å². The van der Waals surface area contributed by atoms with Crippen molar-refractivity contribution in [1.82, 2.24) is 5.32 Å². The highest BCUT2D eigenvalue weighted by Crippen LogP contribution is 2.25. The number of ether oxygens (including phenoxy) is 1. The Labute approximate surface area is 125 Å². The fourth-order valence-electron chi connectivity index (χ4n) is 2.13. The SMILES string of the molecule is COCC(O)CN(C)c1ccc(CNC2CC2)c(Cl)c1. The van der Waals surface area contributed by atoms with E-state index in [0.29, 0.717) is 19.2 Å². The highest BCUT2D eigenvalue weighted by Gasteiger charge is 2.20. The minimum atomic E-state index is -0.500. The van der Waals surface area contributed by atoms with Gasteiger partial charge in [0.2, 0.25) is 0 Å². The largest absolute Gasteiger partial charge is 0.389 e. The second kappa shape index (κ2) is 7.27. The van der Waals surface area contributed by atoms with Crippen LogP contribution in [0.1, 0.15) is 18.4 Å². The first-order valence-electron chi connectivity index (χ1n) is 7.00. The molecule has 1 aliphatic carbocycles. The van der Waals surface area contributed by atoms with Gasteiger partial charge in [0.05, 0.1) is 12.7 Å². The number of anilines is 1. The molecule has 1 aliphatic rings. The van der Waals surface area contributed by atoms with E-state index >= 15 is 0 Å². The summed E-state index contributed by atoms with van der Waals surface area (Å²) >= 11 is 6.32. The normalized spacial score (nSPS) is 16.2. The van der Waals surface area contributed by atoms with E-state index in [1.54, 1.807) is 7.11 Å². The summed E-state index contributed by atoms with van der Waals surface area (Å²) in [6.07, 6.45) is 2.05. The average molecular weight is 299 g/mol. The van der Waals surface area contributed by atoms with Gasteiger partial charge in [0.25, 0.3) is 0 Å². The van der Waals surface area contributed by atoms with Gasteiger partial charge < -0.3 is 20.1 Å². The zero-order valence-electron chi connectivity index (χ0n) is 12.1. The first kappa shape index (κ1) is 15.6. The molecule has 0 heterocycles. The molecule has 112 valence electrons. The van der Waals surface area contributed by atoms with Crippen molar-refractivity contribution in [3.63, 3.8) is 0 Å². The van der Waals surface area contributed by atoms with E-state index in [9.17, 15) is 5.11 Å². The average Bonchev–Trinajstić information content (AvgIpc) is 3.21. The Morgan fingerprint density at radius 3 is 2.85 bits per heavy atom. The Bertz CT molecular complexity index is 438. The summed E-state index contributed by atoms with van der Waals surface area (Å²) in [7, 11) is 3.52. The second-order valence-corrected chi connectivity index (χ2v) is 5.83. The number of methoxy groups -OCH3 is 1. The third-order valence-electron chi connectivity index (χ3n) is 3.48. The molecule has 0 spiro atoms. The summed E-state index contributed by atoms with van der Waals surface area (Å²) in [5.41, 5.74) is 2.12. The van der Waals surface area contributed by atoms with Gasteiger partial charge in [-0.2, -0.15) is 0 Å². The zero-order valence-corrected chi connectivity index (χ0v) is 12.9. The summed E-state index contributed by atoms with van der Waals surface area (Å²) in [4.78, 5) is 1.98. The molecule has 1 fully saturated rings. The molecule has 20 heavy (non-hydrogen) atoms. The number of hydrogen-bond donors (Lipinski definition) is 2. The predicted molar refractivity (Wildman–Crippen MR) is 82.5 cm³/mol. The summed E-state index contributed by atoms with van der Waals surface area (Å²) in [6, 6.07) is 6.71. The molecule has 0 amide bonds. The number of nitrogens with one attached hydrogen (secondary N) is 1. The molecule has 1 aromatic rings. The summed E-state index contributed by atoms with van der Waals surface area (Å²) in [5.74, 6) is 0. The van der Waals surface area contributed by atoms with Gasteiger partial charge in [-0.05, 0) is 30.5 Å². The van der Waals surface area contributed by atoms with E-state index in [2.05, 4.69) is 5.32 Å². The van der Waals surface area contributed by atoms with Gasteiger partial charge in [-0.15, -0.1) is 0 Å². The number of halogens is 1. The third-order valence-corrected chi connectivity index (χ3v) is 3.83. The molecule has 0 aliphatic heterocycles. The number of likely N-dealkylation sites (N-methyl/N-ethyl adjacent to an activating group) is 1. The van der Waals surface area contributed by atoms with Gasteiger partial charge in [-0.25, -0.2) is 0 Å². The lowest BCUT2D eigenvalue weighted by Crippen LogP contribution is -2.31. The maximum atomic E-state index is 9.75. The predicted octanol–water partition coefficient (Wildman–Crippen LogP) is 2.04. The van der Waals surface area contributed by atoms with Gasteiger partial charge in [0.15, 0.2) is 0 Å². The van der Waals surface area contributed by atoms with Crippen molar-refractivity contribution in [2.75, 3.05) is 32.2 Å². The lowest BCUT2D eigenvalue weighted by molar-refractivity contribution is 0.0695. The van der Waals surface area contributed by atoms with Crippen molar-refractivity contribution in [1.29, 1.82) is 0 Å². The first-order valence-corrected chi connectivity index (χ1v) is 7.38. The molecule has 1 aromatic carbocycles. The molecule has 0 radical (unpaired) electrons. The molecule has 5 heteroatoms. The Kier molecular flexibility index (Phi) is 5.66. The van der Waals surface area contributed by atoms with Crippen LogP contribution in [-0.4, -0.2) is 44.6 Å². The van der Waals surface area contributed by atoms with E-state index in [1.165, 1.54) is 12.8 Å². The van der Waals surface area contributed by atoms with Crippen molar-refractivity contribution in [2.45, 2.75) is 31.5 Å². The van der Waals surface area contributed by atoms with E-state index in [-0.39, 0.29) is 0 Å². The van der Waals surface area contributed by atoms with Crippen molar-refractivity contribution < 1.29 is 9.84 Å². The smallest absolute Gasteiger partial charge is 0.0947 e. The number of aliphatic hydroxyl groups is 1. The number of aliphatic hydroxyl groups excluding tert-OH is 1. The van der Waals surface area contributed by atoms with Crippen LogP contribution in [0.15, 0.2) is 18.2 Å². The minimum absolute atomic E-state index is 0.335. The number of benzene rings is 1. The molecular formula is C15H23ClN2O2. The summed E-state index contributed by atoms with van der Waals surface area (Å²) < 4.78 is 4.93. The topological polar surface area (TPSA) is 44.7 Å². The van der Waals surface area contributed by atoms with Crippen LogP contribution in [-0.2, 0) is 11.3 Å². The van der Waals surface area contributed by atoms with E-state index in [4.69, 9.17) is 16.3 Å². The molecule has 0 saturated heterocycles. The summed E-state index contributed by atoms with van der Waals surface area (Å²) in [5, 5.41) is 14.0. The van der Waals surface area contributed by atoms with Gasteiger partial charge in [0, 0.05) is 44.0 Å². The molecule has 1 unspecified atom stereocenters. The maximum absolute atomic E-state index is 9.75. The van der Waals surface area contributed by atoms with Gasteiger partial charge in [-0.1, -0.05) is 17.7 Å². The standard InChI is InChI=1S/C15H23ClN2O2/c1-18(9-14(19)10-20-2)13-6-3-11(15(16)7-13)8-17-12-4-5-12/h3,6-7,12,14,17,19H,4-5,8-10H2,1-2H3. The molecular weight excluding hydrogens is 276 g/mol. The van der Waals surface area contributed by atoms with Crippen molar-refractivity contribution >= 4 is 17.3 Å². The number of hydrogen-bond acceptors (Lipinski definition) is 4. The molecule has 0 aromatic heterocycles. The quantitative estimate of drug-likeness (QED) is 0.771. The lowest BCUT2D eigenvalue weighted by Gasteiger charge is -2.23.